The van der Waals surface area contributed by atoms with Gasteiger partial charge in [-0.05, 0) is 54.7 Å². The smallest absolute Gasteiger partial charge is 0.368 e. The lowest BCUT2D eigenvalue weighted by Gasteiger charge is -2.25. The van der Waals surface area contributed by atoms with E-state index in [0.29, 0.717) is 12.8 Å². The van der Waals surface area contributed by atoms with Crippen molar-refractivity contribution in [3.8, 4) is 0 Å². The van der Waals surface area contributed by atoms with Crippen LogP contribution in [0.3, 0.4) is 0 Å². The molecule has 1 saturated heterocycles. The van der Waals surface area contributed by atoms with E-state index < -0.39 is 11.7 Å². The SMILES string of the molecule is O=CCC1CCCN1c1ccc(Cc2ccc(C(F)(F)F)cc2)cc1. The summed E-state index contributed by atoms with van der Waals surface area (Å²) in [6, 6.07) is 13.6. The van der Waals surface area contributed by atoms with Gasteiger partial charge in [0.1, 0.15) is 6.29 Å². The molecule has 1 aliphatic rings. The number of rotatable bonds is 5. The lowest BCUT2D eigenvalue weighted by atomic mass is 10.0. The Hall–Kier alpha value is -2.30. The monoisotopic (exact) mass is 347 g/mol. The van der Waals surface area contributed by atoms with Crippen LogP contribution in [0.2, 0.25) is 0 Å². The van der Waals surface area contributed by atoms with Gasteiger partial charge < -0.3 is 9.69 Å². The van der Waals surface area contributed by atoms with Gasteiger partial charge >= 0.3 is 6.18 Å². The van der Waals surface area contributed by atoms with E-state index >= 15 is 0 Å². The van der Waals surface area contributed by atoms with E-state index in [-0.39, 0.29) is 6.04 Å². The zero-order valence-electron chi connectivity index (χ0n) is 13.8. The summed E-state index contributed by atoms with van der Waals surface area (Å²) in [6.45, 7) is 0.955. The van der Waals surface area contributed by atoms with Crippen LogP contribution in [0.15, 0.2) is 48.5 Å². The van der Waals surface area contributed by atoms with Crippen LogP contribution in [0.1, 0.15) is 36.0 Å². The Labute approximate surface area is 145 Å². The average Bonchev–Trinajstić information content (AvgIpc) is 3.04. The van der Waals surface area contributed by atoms with Gasteiger partial charge in [-0.1, -0.05) is 24.3 Å². The number of carbonyl (C=O) groups excluding carboxylic acids is 1. The van der Waals surface area contributed by atoms with E-state index in [2.05, 4.69) is 4.90 Å². The largest absolute Gasteiger partial charge is 0.416 e. The Morgan fingerprint density at radius 1 is 1.00 bits per heavy atom. The third-order valence-electron chi connectivity index (χ3n) is 4.70. The molecule has 0 bridgehead atoms. The molecule has 1 aliphatic heterocycles. The zero-order valence-corrected chi connectivity index (χ0v) is 13.8. The Morgan fingerprint density at radius 2 is 1.60 bits per heavy atom. The molecule has 3 rings (SSSR count). The summed E-state index contributed by atoms with van der Waals surface area (Å²) in [4.78, 5) is 13.0. The highest BCUT2D eigenvalue weighted by Crippen LogP contribution is 2.30. The molecule has 0 spiro atoms. The first-order chi connectivity index (χ1) is 12.0. The zero-order chi connectivity index (χ0) is 17.9. The first-order valence-corrected chi connectivity index (χ1v) is 8.43. The predicted octanol–water partition coefficient (Wildman–Crippen LogP) is 4.85. The molecule has 1 fully saturated rings. The van der Waals surface area contributed by atoms with Crippen molar-refractivity contribution in [2.45, 2.75) is 37.9 Å². The number of anilines is 1. The van der Waals surface area contributed by atoms with E-state index in [1.54, 1.807) is 0 Å². The van der Waals surface area contributed by atoms with Crippen LogP contribution in [0.4, 0.5) is 18.9 Å². The molecule has 1 unspecified atom stereocenters. The van der Waals surface area contributed by atoms with E-state index in [1.165, 1.54) is 12.1 Å². The van der Waals surface area contributed by atoms with Crippen LogP contribution in [-0.2, 0) is 17.4 Å². The minimum absolute atomic E-state index is 0.276. The second-order valence-corrected chi connectivity index (χ2v) is 6.43. The number of nitrogens with zero attached hydrogens (tertiary/aromatic N) is 1. The molecular weight excluding hydrogens is 327 g/mol. The standard InChI is InChI=1S/C20H20F3NO/c21-20(22,23)17-7-3-15(4-8-17)14-16-5-9-19(10-6-16)24-12-1-2-18(24)11-13-25/h3-10,13,18H,1-2,11-12,14H2. The van der Waals surface area contributed by atoms with Crippen LogP contribution < -0.4 is 4.90 Å². The number of aldehydes is 1. The fraction of sp³-hybridized carbons (Fsp3) is 0.350. The third-order valence-corrected chi connectivity index (χ3v) is 4.70. The van der Waals surface area contributed by atoms with Crippen LogP contribution in [0, 0.1) is 0 Å². The molecule has 25 heavy (non-hydrogen) atoms. The molecule has 2 aromatic rings. The second kappa shape index (κ2) is 7.30. The van der Waals surface area contributed by atoms with Gasteiger partial charge in [0.25, 0.3) is 0 Å². The number of benzene rings is 2. The quantitative estimate of drug-likeness (QED) is 0.721. The molecule has 0 radical (unpaired) electrons. The number of carbonyl (C=O) groups is 1. The van der Waals surface area contributed by atoms with Crippen LogP contribution >= 0.6 is 0 Å². The molecule has 0 aliphatic carbocycles. The molecule has 1 atom stereocenters. The summed E-state index contributed by atoms with van der Waals surface area (Å²) in [5.74, 6) is 0. The molecule has 0 N–H and O–H groups in total. The summed E-state index contributed by atoms with van der Waals surface area (Å²) in [5, 5.41) is 0. The van der Waals surface area contributed by atoms with E-state index in [4.69, 9.17) is 0 Å². The van der Waals surface area contributed by atoms with Crippen molar-refractivity contribution in [1.82, 2.24) is 0 Å². The minimum Gasteiger partial charge on any atom is -0.368 e. The summed E-state index contributed by atoms with van der Waals surface area (Å²) in [7, 11) is 0. The normalized spacial score (nSPS) is 17.7. The topological polar surface area (TPSA) is 20.3 Å². The number of hydrogen-bond donors (Lipinski definition) is 0. The highest BCUT2D eigenvalue weighted by molar-refractivity contribution is 5.56. The summed E-state index contributed by atoms with van der Waals surface area (Å²) >= 11 is 0. The summed E-state index contributed by atoms with van der Waals surface area (Å²) < 4.78 is 37.8. The van der Waals surface area contributed by atoms with Crippen molar-refractivity contribution in [3.63, 3.8) is 0 Å². The number of hydrogen-bond acceptors (Lipinski definition) is 2. The maximum atomic E-state index is 12.6. The van der Waals surface area contributed by atoms with Crippen molar-refractivity contribution < 1.29 is 18.0 Å². The summed E-state index contributed by atoms with van der Waals surface area (Å²) in [5.41, 5.74) is 2.37. The predicted molar refractivity (Wildman–Crippen MR) is 91.7 cm³/mol. The molecule has 2 aromatic carbocycles. The fourth-order valence-corrected chi connectivity index (χ4v) is 3.38. The first-order valence-electron chi connectivity index (χ1n) is 8.43. The Bertz CT molecular complexity index is 707. The van der Waals surface area contributed by atoms with Gasteiger partial charge in [0.15, 0.2) is 0 Å². The molecule has 1 heterocycles. The van der Waals surface area contributed by atoms with Gasteiger partial charge in [-0.2, -0.15) is 13.2 Å². The fourth-order valence-electron chi connectivity index (χ4n) is 3.38. The molecule has 5 heteroatoms. The second-order valence-electron chi connectivity index (χ2n) is 6.43. The molecular formula is C20H20F3NO. The van der Waals surface area contributed by atoms with Crippen molar-refractivity contribution >= 4 is 12.0 Å². The van der Waals surface area contributed by atoms with E-state index in [1.807, 2.05) is 24.3 Å². The minimum atomic E-state index is -4.30. The Balaban J connectivity index is 1.67. The molecule has 132 valence electrons. The third kappa shape index (κ3) is 4.21. The lowest BCUT2D eigenvalue weighted by molar-refractivity contribution is -0.137. The van der Waals surface area contributed by atoms with Crippen molar-refractivity contribution in [2.75, 3.05) is 11.4 Å². The Kier molecular flexibility index (Phi) is 5.11. The van der Waals surface area contributed by atoms with E-state index in [9.17, 15) is 18.0 Å². The van der Waals surface area contributed by atoms with E-state index in [0.717, 1.165) is 54.6 Å². The molecule has 2 nitrogen and oxygen atoms in total. The van der Waals surface area contributed by atoms with Gasteiger partial charge in [0, 0.05) is 24.7 Å². The number of halogens is 3. The first kappa shape index (κ1) is 17.5. The van der Waals surface area contributed by atoms with Crippen LogP contribution in [0.25, 0.3) is 0 Å². The Morgan fingerprint density at radius 3 is 2.16 bits per heavy atom. The van der Waals surface area contributed by atoms with Gasteiger partial charge in [0.05, 0.1) is 5.56 Å². The van der Waals surface area contributed by atoms with Crippen molar-refractivity contribution in [3.05, 3.63) is 65.2 Å². The van der Waals surface area contributed by atoms with Gasteiger partial charge in [-0.25, -0.2) is 0 Å². The lowest BCUT2D eigenvalue weighted by Crippen LogP contribution is -2.29. The van der Waals surface area contributed by atoms with Gasteiger partial charge in [-0.15, -0.1) is 0 Å². The molecule has 0 aromatic heterocycles. The van der Waals surface area contributed by atoms with Gasteiger partial charge in [-0.3, -0.25) is 0 Å². The average molecular weight is 347 g/mol. The van der Waals surface area contributed by atoms with Crippen molar-refractivity contribution in [2.24, 2.45) is 0 Å². The molecule has 0 saturated carbocycles. The van der Waals surface area contributed by atoms with Gasteiger partial charge in [0.2, 0.25) is 0 Å². The highest BCUT2D eigenvalue weighted by Gasteiger charge is 2.30. The van der Waals surface area contributed by atoms with Crippen LogP contribution in [0.5, 0.6) is 0 Å². The summed E-state index contributed by atoms with van der Waals surface area (Å²) in [6.07, 6.45) is -0.0583. The highest BCUT2D eigenvalue weighted by atomic mass is 19.4. The maximum absolute atomic E-state index is 12.6. The number of alkyl halides is 3. The van der Waals surface area contributed by atoms with Crippen LogP contribution in [-0.4, -0.2) is 18.9 Å². The van der Waals surface area contributed by atoms with Crippen molar-refractivity contribution in [1.29, 1.82) is 0 Å². The molecule has 0 amide bonds. The maximum Gasteiger partial charge on any atom is 0.416 e.